The minimum atomic E-state index is -0.634. The molecule has 2 saturated heterocycles. The lowest BCUT2D eigenvalue weighted by atomic mass is 9.83. The number of epoxide rings is 2. The first-order chi connectivity index (χ1) is 22.3. The van der Waals surface area contributed by atoms with E-state index in [1.807, 2.05) is 36.4 Å². The van der Waals surface area contributed by atoms with Crippen LogP contribution in [0.4, 0.5) is 0 Å². The molecule has 6 aromatic rings. The molecular formula is C42H34O3. The second-order valence-electron chi connectivity index (χ2n) is 11.8. The van der Waals surface area contributed by atoms with Crippen LogP contribution in [0.15, 0.2) is 182 Å². The van der Waals surface area contributed by atoms with Crippen molar-refractivity contribution in [2.45, 2.75) is 35.6 Å². The van der Waals surface area contributed by atoms with Crippen molar-refractivity contribution in [2.24, 2.45) is 0 Å². The van der Waals surface area contributed by atoms with Gasteiger partial charge in [-0.05, 0) is 33.4 Å². The van der Waals surface area contributed by atoms with Gasteiger partial charge in [-0.2, -0.15) is 0 Å². The maximum absolute atomic E-state index is 7.42. The number of ether oxygens (including phenoxy) is 3. The quantitative estimate of drug-likeness (QED) is 0.150. The van der Waals surface area contributed by atoms with Crippen molar-refractivity contribution >= 4 is 0 Å². The molecule has 2 aliphatic rings. The topological polar surface area (TPSA) is 34.3 Å². The highest BCUT2D eigenvalue weighted by molar-refractivity contribution is 5.47. The van der Waals surface area contributed by atoms with E-state index in [4.69, 9.17) is 14.2 Å². The van der Waals surface area contributed by atoms with Crippen LogP contribution < -0.4 is 0 Å². The number of benzene rings is 6. The Hall–Kier alpha value is -4.80. The van der Waals surface area contributed by atoms with Crippen LogP contribution >= 0.6 is 0 Å². The molecule has 4 unspecified atom stereocenters. The van der Waals surface area contributed by atoms with E-state index in [1.54, 1.807) is 0 Å². The fraction of sp³-hybridized carbons (Fsp3) is 0.143. The van der Waals surface area contributed by atoms with Crippen molar-refractivity contribution in [1.29, 1.82) is 0 Å². The predicted octanol–water partition coefficient (Wildman–Crippen LogP) is 9.17. The van der Waals surface area contributed by atoms with Gasteiger partial charge >= 0.3 is 0 Å². The standard InChI is InChI=1S/C42H34O3/c1-7-19-31(20-8-1)37(39-41(44-39,33-23-11-3-12-24-33)34-25-13-4-14-26-34)43-38(32-21-9-2-10-22-32)40-42(45-40,35-27-15-5-16-28-35)36-29-17-6-18-30-36/h1-30,37-40H. The largest absolute Gasteiger partial charge is 0.360 e. The first-order valence-corrected chi connectivity index (χ1v) is 15.6. The lowest BCUT2D eigenvalue weighted by molar-refractivity contribution is -0.0423. The molecule has 0 bridgehead atoms. The molecule has 0 amide bonds. The molecule has 4 atom stereocenters. The van der Waals surface area contributed by atoms with Crippen LogP contribution in [0.2, 0.25) is 0 Å². The van der Waals surface area contributed by atoms with Gasteiger partial charge in [-0.1, -0.05) is 182 Å². The van der Waals surface area contributed by atoms with Gasteiger partial charge < -0.3 is 14.2 Å². The second kappa shape index (κ2) is 11.6. The van der Waals surface area contributed by atoms with Crippen LogP contribution in [-0.2, 0) is 25.4 Å². The second-order valence-corrected chi connectivity index (χ2v) is 11.8. The Balaban J connectivity index is 1.24. The molecule has 3 nitrogen and oxygen atoms in total. The molecule has 6 aromatic carbocycles. The molecule has 2 heterocycles. The molecule has 0 radical (unpaired) electrons. The van der Waals surface area contributed by atoms with Crippen molar-refractivity contribution < 1.29 is 14.2 Å². The minimum Gasteiger partial charge on any atom is -0.360 e. The maximum atomic E-state index is 7.42. The van der Waals surface area contributed by atoms with Gasteiger partial charge in [0.05, 0.1) is 0 Å². The SMILES string of the molecule is c1ccc(C(OC(c2ccccc2)C2OC2(c2ccccc2)c2ccccc2)C2OC2(c2ccccc2)c2ccccc2)cc1. The van der Waals surface area contributed by atoms with Gasteiger partial charge in [0, 0.05) is 0 Å². The molecule has 220 valence electrons. The summed E-state index contributed by atoms with van der Waals surface area (Å²) in [5.41, 5.74) is 5.35. The Morgan fingerprint density at radius 3 is 0.867 bits per heavy atom. The first-order valence-electron chi connectivity index (χ1n) is 15.6. The van der Waals surface area contributed by atoms with Crippen LogP contribution in [0.5, 0.6) is 0 Å². The van der Waals surface area contributed by atoms with E-state index in [0.717, 1.165) is 33.4 Å². The lowest BCUT2D eigenvalue weighted by Crippen LogP contribution is -2.27. The highest BCUT2D eigenvalue weighted by Crippen LogP contribution is 2.61. The molecular weight excluding hydrogens is 552 g/mol. The Morgan fingerprint density at radius 1 is 0.356 bits per heavy atom. The Bertz CT molecular complexity index is 1610. The van der Waals surface area contributed by atoms with Gasteiger partial charge in [0.25, 0.3) is 0 Å². The summed E-state index contributed by atoms with van der Waals surface area (Å²) in [5.74, 6) is 0. The summed E-state index contributed by atoms with van der Waals surface area (Å²) in [6, 6.07) is 63.0. The van der Waals surface area contributed by atoms with Crippen molar-refractivity contribution in [1.82, 2.24) is 0 Å². The number of rotatable bonds is 10. The molecule has 0 saturated carbocycles. The van der Waals surface area contributed by atoms with E-state index in [1.165, 1.54) is 0 Å². The first kappa shape index (κ1) is 27.7. The van der Waals surface area contributed by atoms with E-state index >= 15 is 0 Å². The molecule has 3 heteroatoms. The number of hydrogen-bond donors (Lipinski definition) is 0. The summed E-state index contributed by atoms with van der Waals surface area (Å²) >= 11 is 0. The van der Waals surface area contributed by atoms with Gasteiger partial charge in [-0.15, -0.1) is 0 Å². The molecule has 45 heavy (non-hydrogen) atoms. The van der Waals surface area contributed by atoms with Crippen LogP contribution in [0.1, 0.15) is 45.6 Å². The average Bonchev–Trinajstić information content (AvgIpc) is 4.06. The average molecular weight is 587 g/mol. The summed E-state index contributed by atoms with van der Waals surface area (Å²) in [4.78, 5) is 0. The van der Waals surface area contributed by atoms with Gasteiger partial charge in [-0.3, -0.25) is 0 Å². The predicted molar refractivity (Wildman–Crippen MR) is 177 cm³/mol. The van der Waals surface area contributed by atoms with E-state index < -0.39 is 11.2 Å². The van der Waals surface area contributed by atoms with Crippen LogP contribution in [-0.4, -0.2) is 12.2 Å². The van der Waals surface area contributed by atoms with E-state index in [0.29, 0.717) is 0 Å². The van der Waals surface area contributed by atoms with Crippen LogP contribution in [0.25, 0.3) is 0 Å². The summed E-state index contributed by atoms with van der Waals surface area (Å²) in [5, 5.41) is 0. The third kappa shape index (κ3) is 4.90. The molecule has 8 rings (SSSR count). The molecule has 0 aliphatic carbocycles. The Labute approximate surface area is 264 Å². The molecule has 2 fully saturated rings. The highest BCUT2D eigenvalue weighted by Gasteiger charge is 2.66. The molecule has 0 N–H and O–H groups in total. The monoisotopic (exact) mass is 586 g/mol. The van der Waals surface area contributed by atoms with Gasteiger partial charge in [0.1, 0.15) is 35.6 Å². The fourth-order valence-corrected chi connectivity index (χ4v) is 6.98. The number of hydrogen-bond acceptors (Lipinski definition) is 3. The lowest BCUT2D eigenvalue weighted by Gasteiger charge is -2.27. The molecule has 0 aromatic heterocycles. The summed E-state index contributed by atoms with van der Waals surface area (Å²) < 4.78 is 21.2. The third-order valence-corrected chi connectivity index (χ3v) is 9.22. The minimum absolute atomic E-state index is 0.252. The Morgan fingerprint density at radius 2 is 0.600 bits per heavy atom. The van der Waals surface area contributed by atoms with E-state index in [-0.39, 0.29) is 24.4 Å². The summed E-state index contributed by atoms with van der Waals surface area (Å²) in [7, 11) is 0. The van der Waals surface area contributed by atoms with Crippen molar-refractivity contribution in [2.75, 3.05) is 0 Å². The van der Waals surface area contributed by atoms with Crippen LogP contribution in [0, 0.1) is 0 Å². The van der Waals surface area contributed by atoms with E-state index in [9.17, 15) is 0 Å². The van der Waals surface area contributed by atoms with E-state index in [2.05, 4.69) is 146 Å². The fourth-order valence-electron chi connectivity index (χ4n) is 6.98. The van der Waals surface area contributed by atoms with Gasteiger partial charge in [0.2, 0.25) is 0 Å². The summed E-state index contributed by atoms with van der Waals surface area (Å²) in [6.07, 6.45) is -1.24. The summed E-state index contributed by atoms with van der Waals surface area (Å²) in [6.45, 7) is 0. The zero-order chi connectivity index (χ0) is 30.1. The third-order valence-electron chi connectivity index (χ3n) is 9.22. The van der Waals surface area contributed by atoms with Crippen molar-refractivity contribution in [3.8, 4) is 0 Å². The van der Waals surface area contributed by atoms with Gasteiger partial charge in [-0.25, -0.2) is 0 Å². The van der Waals surface area contributed by atoms with Crippen molar-refractivity contribution in [3.63, 3.8) is 0 Å². The van der Waals surface area contributed by atoms with Crippen molar-refractivity contribution in [3.05, 3.63) is 215 Å². The highest BCUT2D eigenvalue weighted by atomic mass is 16.7. The van der Waals surface area contributed by atoms with Crippen LogP contribution in [0.3, 0.4) is 0 Å². The zero-order valence-electron chi connectivity index (χ0n) is 24.9. The normalized spacial score (nSPS) is 20.5. The maximum Gasteiger partial charge on any atom is 0.148 e. The molecule has 2 aliphatic heterocycles. The smallest absolute Gasteiger partial charge is 0.148 e. The Kier molecular flexibility index (Phi) is 7.15. The molecule has 0 spiro atoms. The van der Waals surface area contributed by atoms with Gasteiger partial charge in [0.15, 0.2) is 0 Å². The zero-order valence-corrected chi connectivity index (χ0v) is 24.9.